The van der Waals surface area contributed by atoms with Crippen LogP contribution in [0, 0.1) is 0 Å². The summed E-state index contributed by atoms with van der Waals surface area (Å²) >= 11 is 0. The average molecular weight is 299 g/mol. The fourth-order valence-corrected chi connectivity index (χ4v) is 3.66. The van der Waals surface area contributed by atoms with E-state index in [0.717, 1.165) is 56.9 Å². The highest BCUT2D eigenvalue weighted by Gasteiger charge is 2.39. The van der Waals surface area contributed by atoms with Crippen LogP contribution in [-0.4, -0.2) is 40.0 Å². The van der Waals surface area contributed by atoms with Crippen LogP contribution in [0.4, 0.5) is 0 Å². The number of hydrogen-bond donors (Lipinski definition) is 0. The average Bonchev–Trinajstić information content (AvgIpc) is 3.06. The standard InChI is InChI=1S/C17H21N3O2/c1-2-14(13-18-6-1)16-19-7-8-20(16)15-3-9-22-17(12-15)4-10-21-11-5-17/h1-2,6-8,13,15H,3-5,9-12H2. The van der Waals surface area contributed by atoms with E-state index in [1.165, 1.54) is 0 Å². The summed E-state index contributed by atoms with van der Waals surface area (Å²) in [6.45, 7) is 2.44. The second-order valence-electron chi connectivity index (χ2n) is 6.19. The highest BCUT2D eigenvalue weighted by Crippen LogP contribution is 2.40. The summed E-state index contributed by atoms with van der Waals surface area (Å²) in [5.41, 5.74) is 1.07. The van der Waals surface area contributed by atoms with Crippen molar-refractivity contribution in [2.75, 3.05) is 19.8 Å². The Balaban J connectivity index is 1.61. The van der Waals surface area contributed by atoms with Crippen molar-refractivity contribution in [1.82, 2.24) is 14.5 Å². The molecule has 5 nitrogen and oxygen atoms in total. The van der Waals surface area contributed by atoms with Crippen LogP contribution in [-0.2, 0) is 9.47 Å². The Morgan fingerprint density at radius 2 is 2.09 bits per heavy atom. The molecule has 0 aliphatic carbocycles. The molecule has 2 aromatic rings. The van der Waals surface area contributed by atoms with Crippen molar-refractivity contribution in [2.45, 2.75) is 37.3 Å². The summed E-state index contributed by atoms with van der Waals surface area (Å²) in [4.78, 5) is 8.77. The van der Waals surface area contributed by atoms with Gasteiger partial charge in [0.15, 0.2) is 0 Å². The van der Waals surface area contributed by atoms with Crippen molar-refractivity contribution in [1.29, 1.82) is 0 Å². The number of imidazole rings is 1. The smallest absolute Gasteiger partial charge is 0.141 e. The molecule has 4 rings (SSSR count). The van der Waals surface area contributed by atoms with Crippen molar-refractivity contribution in [3.05, 3.63) is 36.9 Å². The maximum atomic E-state index is 6.15. The summed E-state index contributed by atoms with van der Waals surface area (Å²) in [6, 6.07) is 4.46. The molecule has 2 aliphatic heterocycles. The molecule has 0 radical (unpaired) electrons. The van der Waals surface area contributed by atoms with Crippen molar-refractivity contribution < 1.29 is 9.47 Å². The molecule has 1 unspecified atom stereocenters. The summed E-state index contributed by atoms with van der Waals surface area (Å²) in [6.07, 6.45) is 11.7. The number of aromatic nitrogens is 3. The molecule has 2 aliphatic rings. The third kappa shape index (κ3) is 2.55. The molecule has 0 bridgehead atoms. The van der Waals surface area contributed by atoms with Crippen molar-refractivity contribution in [3.8, 4) is 11.4 Å². The second kappa shape index (κ2) is 5.82. The van der Waals surface area contributed by atoms with Crippen molar-refractivity contribution in [2.24, 2.45) is 0 Å². The molecule has 2 saturated heterocycles. The van der Waals surface area contributed by atoms with Gasteiger partial charge in [-0.05, 0) is 37.8 Å². The molecule has 22 heavy (non-hydrogen) atoms. The van der Waals surface area contributed by atoms with Gasteiger partial charge in [-0.3, -0.25) is 4.98 Å². The Kier molecular flexibility index (Phi) is 3.68. The Morgan fingerprint density at radius 3 is 2.91 bits per heavy atom. The molecular weight excluding hydrogens is 278 g/mol. The van der Waals surface area contributed by atoms with Gasteiger partial charge >= 0.3 is 0 Å². The number of rotatable bonds is 2. The van der Waals surface area contributed by atoms with Gasteiger partial charge in [0, 0.05) is 56.2 Å². The summed E-state index contributed by atoms with van der Waals surface area (Å²) in [7, 11) is 0. The van der Waals surface area contributed by atoms with E-state index in [2.05, 4.69) is 26.8 Å². The van der Waals surface area contributed by atoms with Gasteiger partial charge in [-0.15, -0.1) is 0 Å². The van der Waals surface area contributed by atoms with E-state index >= 15 is 0 Å². The number of nitrogens with zero attached hydrogens (tertiary/aromatic N) is 3. The lowest BCUT2D eigenvalue weighted by atomic mass is 9.84. The van der Waals surface area contributed by atoms with Crippen LogP contribution in [0.2, 0.25) is 0 Å². The first-order chi connectivity index (χ1) is 10.9. The first-order valence-electron chi connectivity index (χ1n) is 8.01. The Bertz CT molecular complexity index is 614. The van der Waals surface area contributed by atoms with Gasteiger partial charge in [0.2, 0.25) is 0 Å². The van der Waals surface area contributed by atoms with E-state index in [4.69, 9.17) is 9.47 Å². The lowest BCUT2D eigenvalue weighted by molar-refractivity contribution is -0.144. The summed E-state index contributed by atoms with van der Waals surface area (Å²) < 4.78 is 14.0. The van der Waals surface area contributed by atoms with Gasteiger partial charge < -0.3 is 14.0 Å². The van der Waals surface area contributed by atoms with Gasteiger partial charge in [0.25, 0.3) is 0 Å². The summed E-state index contributed by atoms with van der Waals surface area (Å²) in [5.74, 6) is 1.00. The zero-order chi connectivity index (χ0) is 14.8. The SMILES string of the molecule is c1cncc(-c2nccn2C2CCOC3(CCOCC3)C2)c1. The minimum atomic E-state index is -0.00234. The lowest BCUT2D eigenvalue weighted by Crippen LogP contribution is -2.44. The topological polar surface area (TPSA) is 49.2 Å². The third-order valence-corrected chi connectivity index (χ3v) is 4.85. The molecule has 2 aromatic heterocycles. The van der Waals surface area contributed by atoms with Gasteiger partial charge in [-0.2, -0.15) is 0 Å². The molecule has 1 spiro atoms. The van der Waals surface area contributed by atoms with E-state index in [1.807, 2.05) is 18.5 Å². The Labute approximate surface area is 130 Å². The van der Waals surface area contributed by atoms with Gasteiger partial charge in [-0.1, -0.05) is 0 Å². The highest BCUT2D eigenvalue weighted by molar-refractivity contribution is 5.53. The molecule has 0 saturated carbocycles. The predicted octanol–water partition coefficient (Wildman–Crippen LogP) is 2.85. The van der Waals surface area contributed by atoms with Crippen LogP contribution < -0.4 is 0 Å². The zero-order valence-corrected chi connectivity index (χ0v) is 12.6. The Hall–Kier alpha value is -1.72. The molecule has 0 aromatic carbocycles. The Morgan fingerprint density at radius 1 is 1.18 bits per heavy atom. The molecule has 5 heteroatoms. The van der Waals surface area contributed by atoms with Crippen LogP contribution in [0.5, 0.6) is 0 Å². The monoisotopic (exact) mass is 299 g/mol. The first-order valence-corrected chi connectivity index (χ1v) is 8.01. The fraction of sp³-hybridized carbons (Fsp3) is 0.529. The quantitative estimate of drug-likeness (QED) is 0.855. The minimum Gasteiger partial charge on any atom is -0.381 e. The van der Waals surface area contributed by atoms with E-state index in [9.17, 15) is 0 Å². The molecule has 116 valence electrons. The normalized spacial score (nSPS) is 24.5. The van der Waals surface area contributed by atoms with E-state index in [-0.39, 0.29) is 5.60 Å². The van der Waals surface area contributed by atoms with Crippen LogP contribution in [0.3, 0.4) is 0 Å². The highest BCUT2D eigenvalue weighted by atomic mass is 16.5. The summed E-state index contributed by atoms with van der Waals surface area (Å²) in [5, 5.41) is 0. The molecular formula is C17H21N3O2. The second-order valence-corrected chi connectivity index (χ2v) is 6.19. The zero-order valence-electron chi connectivity index (χ0n) is 12.6. The third-order valence-electron chi connectivity index (χ3n) is 4.85. The van der Waals surface area contributed by atoms with E-state index in [1.54, 1.807) is 6.20 Å². The molecule has 1 atom stereocenters. The van der Waals surface area contributed by atoms with Gasteiger partial charge in [0.05, 0.1) is 5.60 Å². The van der Waals surface area contributed by atoms with Crippen molar-refractivity contribution in [3.63, 3.8) is 0 Å². The number of ether oxygens (including phenoxy) is 2. The molecule has 4 heterocycles. The largest absolute Gasteiger partial charge is 0.381 e. The lowest BCUT2D eigenvalue weighted by Gasteiger charge is -2.43. The van der Waals surface area contributed by atoms with Crippen LogP contribution in [0.1, 0.15) is 31.7 Å². The maximum absolute atomic E-state index is 6.15. The number of pyridine rings is 1. The van der Waals surface area contributed by atoms with Crippen LogP contribution >= 0.6 is 0 Å². The predicted molar refractivity (Wildman–Crippen MR) is 82.5 cm³/mol. The fourth-order valence-electron chi connectivity index (χ4n) is 3.66. The van der Waals surface area contributed by atoms with E-state index in [0.29, 0.717) is 6.04 Å². The van der Waals surface area contributed by atoms with Crippen LogP contribution in [0.15, 0.2) is 36.9 Å². The van der Waals surface area contributed by atoms with Gasteiger partial charge in [0.1, 0.15) is 5.82 Å². The van der Waals surface area contributed by atoms with Crippen LogP contribution in [0.25, 0.3) is 11.4 Å². The number of hydrogen-bond acceptors (Lipinski definition) is 4. The first kappa shape index (κ1) is 13.9. The minimum absolute atomic E-state index is 0.00234. The molecule has 0 N–H and O–H groups in total. The van der Waals surface area contributed by atoms with Gasteiger partial charge in [-0.25, -0.2) is 4.98 Å². The van der Waals surface area contributed by atoms with Crippen molar-refractivity contribution >= 4 is 0 Å². The molecule has 2 fully saturated rings. The molecule has 0 amide bonds. The maximum Gasteiger partial charge on any atom is 0.141 e. The van der Waals surface area contributed by atoms with E-state index < -0.39 is 0 Å².